The molecule has 7 nitrogen and oxygen atoms in total. The molecule has 0 spiro atoms. The molecule has 2 aromatic rings. The van der Waals surface area contributed by atoms with Gasteiger partial charge in [0, 0.05) is 7.05 Å². The fourth-order valence-electron chi connectivity index (χ4n) is 1.73. The first-order valence-electron chi connectivity index (χ1n) is 4.91. The summed E-state index contributed by atoms with van der Waals surface area (Å²) < 4.78 is 6.80. The molecule has 2 rings (SSSR count). The molecule has 2 heterocycles. The van der Waals surface area contributed by atoms with Gasteiger partial charge in [-0.25, -0.2) is 9.48 Å². The zero-order chi connectivity index (χ0) is 12.6. The molecule has 0 fully saturated rings. The van der Waals surface area contributed by atoms with Crippen LogP contribution in [0.1, 0.15) is 16.2 Å². The maximum absolute atomic E-state index is 10.8. The van der Waals surface area contributed by atoms with Gasteiger partial charge in [-0.15, -0.1) is 0 Å². The Balaban J connectivity index is 2.55. The molecule has 0 aliphatic rings. The van der Waals surface area contributed by atoms with Gasteiger partial charge >= 0.3 is 5.97 Å². The van der Waals surface area contributed by atoms with Crippen molar-refractivity contribution in [3.63, 3.8) is 0 Å². The average Bonchev–Trinajstić information content (AvgIpc) is 2.82. The second-order valence-corrected chi connectivity index (χ2v) is 3.57. The Morgan fingerprint density at radius 3 is 2.82 bits per heavy atom. The molecular weight excluding hydrogens is 224 g/mol. The van der Waals surface area contributed by atoms with Crippen molar-refractivity contribution in [2.45, 2.75) is 6.92 Å². The van der Waals surface area contributed by atoms with E-state index >= 15 is 0 Å². The number of ether oxygens (including phenoxy) is 1. The number of carbonyl (C=O) groups is 1. The van der Waals surface area contributed by atoms with Gasteiger partial charge in [0.1, 0.15) is 11.4 Å². The highest BCUT2D eigenvalue weighted by molar-refractivity contribution is 5.87. The molecular formula is C10H12N4O3. The van der Waals surface area contributed by atoms with Crippen LogP contribution in [0.2, 0.25) is 0 Å². The minimum atomic E-state index is -1.05. The van der Waals surface area contributed by atoms with E-state index in [-0.39, 0.29) is 5.69 Å². The molecule has 2 aromatic heterocycles. The number of aromatic amines is 1. The predicted molar refractivity (Wildman–Crippen MR) is 59.0 cm³/mol. The molecule has 0 amide bonds. The number of aromatic carboxylic acids is 1. The third-order valence-corrected chi connectivity index (χ3v) is 2.43. The SMILES string of the molecule is COc1c(-c2cc(C(=O)O)[nH]n2)c(C)nn1C. The third-order valence-electron chi connectivity index (χ3n) is 2.43. The smallest absolute Gasteiger partial charge is 0.353 e. The maximum atomic E-state index is 10.8. The van der Waals surface area contributed by atoms with E-state index < -0.39 is 5.97 Å². The van der Waals surface area contributed by atoms with E-state index in [0.29, 0.717) is 17.1 Å². The Morgan fingerprint density at radius 1 is 1.59 bits per heavy atom. The Kier molecular flexibility index (Phi) is 2.58. The van der Waals surface area contributed by atoms with Crippen LogP contribution in [-0.2, 0) is 7.05 Å². The van der Waals surface area contributed by atoms with Crippen molar-refractivity contribution >= 4 is 5.97 Å². The summed E-state index contributed by atoms with van der Waals surface area (Å²) in [5.74, 6) is -0.504. The van der Waals surface area contributed by atoms with Crippen molar-refractivity contribution < 1.29 is 14.6 Å². The van der Waals surface area contributed by atoms with Gasteiger partial charge in [0.15, 0.2) is 0 Å². The fourth-order valence-corrected chi connectivity index (χ4v) is 1.73. The Labute approximate surface area is 97.0 Å². The van der Waals surface area contributed by atoms with Crippen LogP contribution in [0.5, 0.6) is 5.88 Å². The quantitative estimate of drug-likeness (QED) is 0.823. The highest BCUT2D eigenvalue weighted by atomic mass is 16.5. The minimum absolute atomic E-state index is 0.0327. The topological polar surface area (TPSA) is 93.0 Å². The normalized spacial score (nSPS) is 10.5. The fraction of sp³-hybridized carbons (Fsp3) is 0.300. The number of nitrogens with one attached hydrogen (secondary N) is 1. The molecule has 17 heavy (non-hydrogen) atoms. The van der Waals surface area contributed by atoms with Crippen molar-refractivity contribution in [1.29, 1.82) is 0 Å². The van der Waals surface area contributed by atoms with Crippen molar-refractivity contribution in [3.05, 3.63) is 17.5 Å². The number of H-pyrrole nitrogens is 1. The van der Waals surface area contributed by atoms with Gasteiger partial charge < -0.3 is 9.84 Å². The van der Waals surface area contributed by atoms with Gasteiger partial charge in [-0.3, -0.25) is 5.10 Å². The first-order chi connectivity index (χ1) is 8.04. The summed E-state index contributed by atoms with van der Waals surface area (Å²) in [4.78, 5) is 10.8. The second kappa shape index (κ2) is 3.93. The van der Waals surface area contributed by atoms with E-state index in [1.54, 1.807) is 11.7 Å². The summed E-state index contributed by atoms with van der Waals surface area (Å²) in [5, 5.41) is 19.4. The van der Waals surface area contributed by atoms with Crippen LogP contribution in [0.4, 0.5) is 0 Å². The first-order valence-corrected chi connectivity index (χ1v) is 4.91. The zero-order valence-electron chi connectivity index (χ0n) is 9.68. The van der Waals surface area contributed by atoms with Crippen LogP contribution in [0.3, 0.4) is 0 Å². The van der Waals surface area contributed by atoms with Crippen molar-refractivity contribution in [3.8, 4) is 17.1 Å². The summed E-state index contributed by atoms with van der Waals surface area (Å²) >= 11 is 0. The number of aromatic nitrogens is 4. The van der Waals surface area contributed by atoms with E-state index in [4.69, 9.17) is 9.84 Å². The number of carboxylic acids is 1. The Hall–Kier alpha value is -2.31. The van der Waals surface area contributed by atoms with Crippen molar-refractivity contribution in [2.75, 3.05) is 7.11 Å². The molecule has 0 atom stereocenters. The van der Waals surface area contributed by atoms with Gasteiger partial charge in [-0.2, -0.15) is 10.2 Å². The summed E-state index contributed by atoms with van der Waals surface area (Å²) in [7, 11) is 3.28. The van der Waals surface area contributed by atoms with Crippen LogP contribution in [0, 0.1) is 6.92 Å². The maximum Gasteiger partial charge on any atom is 0.353 e. The van der Waals surface area contributed by atoms with Crippen molar-refractivity contribution in [2.24, 2.45) is 7.05 Å². The van der Waals surface area contributed by atoms with E-state index in [9.17, 15) is 4.79 Å². The van der Waals surface area contributed by atoms with Crippen LogP contribution in [0.15, 0.2) is 6.07 Å². The van der Waals surface area contributed by atoms with E-state index in [2.05, 4.69) is 15.3 Å². The lowest BCUT2D eigenvalue weighted by Crippen LogP contribution is -1.95. The summed E-state index contributed by atoms with van der Waals surface area (Å²) in [6, 6.07) is 1.45. The number of aryl methyl sites for hydroxylation is 2. The van der Waals surface area contributed by atoms with Crippen molar-refractivity contribution in [1.82, 2.24) is 20.0 Å². The molecule has 0 bridgehead atoms. The molecule has 0 aliphatic heterocycles. The molecule has 7 heteroatoms. The summed E-state index contributed by atoms with van der Waals surface area (Å²) in [5.41, 5.74) is 1.96. The highest BCUT2D eigenvalue weighted by Gasteiger charge is 2.19. The largest absolute Gasteiger partial charge is 0.481 e. The number of rotatable bonds is 3. The van der Waals surface area contributed by atoms with Gasteiger partial charge in [0.05, 0.1) is 18.4 Å². The average molecular weight is 236 g/mol. The molecule has 0 aliphatic carbocycles. The Bertz CT molecular complexity index is 570. The van der Waals surface area contributed by atoms with Crippen LogP contribution >= 0.6 is 0 Å². The summed E-state index contributed by atoms with van der Waals surface area (Å²) in [6.07, 6.45) is 0. The van der Waals surface area contributed by atoms with Gasteiger partial charge in [-0.05, 0) is 13.0 Å². The van der Waals surface area contributed by atoms with E-state index in [1.165, 1.54) is 13.2 Å². The van der Waals surface area contributed by atoms with Gasteiger partial charge in [0.2, 0.25) is 5.88 Å². The number of hydrogen-bond acceptors (Lipinski definition) is 4. The Morgan fingerprint density at radius 2 is 2.29 bits per heavy atom. The number of methoxy groups -OCH3 is 1. The monoisotopic (exact) mass is 236 g/mol. The molecule has 0 radical (unpaired) electrons. The standard InChI is InChI=1S/C10H12N4O3/c1-5-8(9(17-3)14(2)13-5)6-4-7(10(15)16)12-11-6/h4H,1-3H3,(H,11,12)(H,15,16). The second-order valence-electron chi connectivity index (χ2n) is 3.57. The number of carboxylic acid groups (broad SMARTS) is 1. The molecule has 0 unspecified atom stereocenters. The number of nitrogens with zero attached hydrogens (tertiary/aromatic N) is 3. The van der Waals surface area contributed by atoms with Crippen LogP contribution in [0.25, 0.3) is 11.3 Å². The molecule has 0 saturated heterocycles. The van der Waals surface area contributed by atoms with E-state index in [0.717, 1.165) is 5.69 Å². The van der Waals surface area contributed by atoms with Crippen LogP contribution < -0.4 is 4.74 Å². The first kappa shape index (κ1) is 11.2. The molecule has 0 aromatic carbocycles. The lowest BCUT2D eigenvalue weighted by Gasteiger charge is -2.01. The van der Waals surface area contributed by atoms with Gasteiger partial charge in [0.25, 0.3) is 0 Å². The third kappa shape index (κ3) is 1.75. The summed E-state index contributed by atoms with van der Waals surface area (Å²) in [6.45, 7) is 1.81. The highest BCUT2D eigenvalue weighted by Crippen LogP contribution is 2.31. The number of hydrogen-bond donors (Lipinski definition) is 2. The predicted octanol–water partition coefficient (Wildman–Crippen LogP) is 0.825. The van der Waals surface area contributed by atoms with Gasteiger partial charge in [-0.1, -0.05) is 0 Å². The molecule has 0 saturated carbocycles. The lowest BCUT2D eigenvalue weighted by molar-refractivity contribution is 0.0690. The minimum Gasteiger partial charge on any atom is -0.481 e. The van der Waals surface area contributed by atoms with E-state index in [1.807, 2.05) is 6.92 Å². The molecule has 2 N–H and O–H groups in total. The molecule has 90 valence electrons. The lowest BCUT2D eigenvalue weighted by atomic mass is 10.2. The van der Waals surface area contributed by atoms with Crippen LogP contribution in [-0.4, -0.2) is 38.2 Å². The zero-order valence-corrected chi connectivity index (χ0v) is 9.68.